The van der Waals surface area contributed by atoms with Crippen molar-refractivity contribution in [1.82, 2.24) is 0 Å². The zero-order chi connectivity index (χ0) is 49.2. The molecule has 67 heavy (non-hydrogen) atoms. The number of allylic oxidation sites excluding steroid dienone is 16. The first-order valence-corrected chi connectivity index (χ1v) is 26.4. The zero-order valence-electron chi connectivity index (χ0n) is 43.2. The van der Waals surface area contributed by atoms with Crippen LogP contribution in [0, 0.1) is 0 Å². The Kier molecular flexibility index (Phi) is 45.9. The SMILES string of the molecule is CC/C=C\C/C=C\C/C=C\C/C=C\C/C=C\C/C=C\CCCCCCCCCCC(=O)OC(COC(=O)CCCCCCC/C=C\C/C=C\CCCCC)COC(OCC[N+](C)(C)C)C(=O)[O-]. The molecule has 0 spiro atoms. The molecule has 0 heterocycles. The molecule has 0 rings (SSSR count). The molecule has 9 nitrogen and oxygen atoms in total. The zero-order valence-corrected chi connectivity index (χ0v) is 43.2. The molecule has 2 unspecified atom stereocenters. The van der Waals surface area contributed by atoms with Gasteiger partial charge >= 0.3 is 11.9 Å². The maximum absolute atomic E-state index is 12.8. The summed E-state index contributed by atoms with van der Waals surface area (Å²) in [6.07, 6.45) is 61.5. The van der Waals surface area contributed by atoms with Crippen LogP contribution in [0.15, 0.2) is 97.2 Å². The average molecular weight is 936 g/mol. The first kappa shape index (κ1) is 63.2. The standard InChI is InChI=1S/C58H97NO8/c1-6-8-10-12-14-16-18-20-22-23-24-25-26-27-28-29-30-31-32-33-35-37-39-41-43-45-47-49-56(61)67-54(53-66-58(57(62)63)64-51-50-59(3,4)5)52-65-55(60)48-46-44-42-40-38-36-34-21-19-17-15-13-11-9-7-2/h8,10,14-17,20-22,24-25,27-28,30-31,34,54,58H,6-7,9,11-13,18-19,23,26,29,32-33,35-53H2,1-5H3/b10-8-,16-14-,17-15-,22-20-,25-24-,28-27-,31-30-,34-21-. The number of quaternary nitrogens is 1. The molecule has 0 aromatic rings. The van der Waals surface area contributed by atoms with E-state index in [0.29, 0.717) is 17.4 Å². The van der Waals surface area contributed by atoms with Crippen LogP contribution >= 0.6 is 0 Å². The van der Waals surface area contributed by atoms with Gasteiger partial charge in [-0.3, -0.25) is 9.59 Å². The predicted molar refractivity (Wildman–Crippen MR) is 278 cm³/mol. The van der Waals surface area contributed by atoms with Crippen molar-refractivity contribution in [2.24, 2.45) is 0 Å². The summed E-state index contributed by atoms with van der Waals surface area (Å²) in [5, 5.41) is 11.7. The summed E-state index contributed by atoms with van der Waals surface area (Å²) in [7, 11) is 5.90. The van der Waals surface area contributed by atoms with Crippen LogP contribution in [0.1, 0.15) is 194 Å². The van der Waals surface area contributed by atoms with Crippen LogP contribution in [-0.4, -0.2) is 82.3 Å². The largest absolute Gasteiger partial charge is 0.545 e. The van der Waals surface area contributed by atoms with E-state index in [-0.39, 0.29) is 38.6 Å². The van der Waals surface area contributed by atoms with Crippen molar-refractivity contribution in [3.8, 4) is 0 Å². The van der Waals surface area contributed by atoms with Gasteiger partial charge in [0.2, 0.25) is 0 Å². The van der Waals surface area contributed by atoms with E-state index in [2.05, 4.69) is 111 Å². The second-order valence-corrected chi connectivity index (χ2v) is 18.4. The number of ether oxygens (including phenoxy) is 4. The first-order chi connectivity index (χ1) is 32.6. The molecule has 0 fully saturated rings. The molecular weight excluding hydrogens is 839 g/mol. The number of unbranched alkanes of at least 4 members (excludes halogenated alkanes) is 16. The van der Waals surface area contributed by atoms with Crippen LogP contribution in [-0.2, 0) is 33.3 Å². The summed E-state index contributed by atoms with van der Waals surface area (Å²) in [5.74, 6) is -2.32. The van der Waals surface area contributed by atoms with E-state index in [0.717, 1.165) is 109 Å². The smallest absolute Gasteiger partial charge is 0.306 e. The van der Waals surface area contributed by atoms with E-state index in [1.807, 2.05) is 21.1 Å². The number of likely N-dealkylation sites (N-methyl/N-ethyl adjacent to an activating group) is 1. The van der Waals surface area contributed by atoms with E-state index in [4.69, 9.17) is 18.9 Å². The molecule has 0 aliphatic rings. The number of carbonyl (C=O) groups is 3. The van der Waals surface area contributed by atoms with E-state index in [1.54, 1.807) is 0 Å². The van der Waals surface area contributed by atoms with Crippen molar-refractivity contribution < 1.29 is 42.9 Å². The molecule has 0 aromatic heterocycles. The number of carboxylic acids is 1. The number of carboxylic acid groups (broad SMARTS) is 1. The lowest BCUT2D eigenvalue weighted by molar-refractivity contribution is -0.870. The lowest BCUT2D eigenvalue weighted by Crippen LogP contribution is -2.44. The maximum atomic E-state index is 12.8. The first-order valence-electron chi connectivity index (χ1n) is 26.4. The Hall–Kier alpha value is -3.79. The second-order valence-electron chi connectivity index (χ2n) is 18.4. The summed E-state index contributed by atoms with van der Waals surface area (Å²) in [4.78, 5) is 37.2. The minimum atomic E-state index is -1.63. The Morgan fingerprint density at radius 3 is 1.27 bits per heavy atom. The predicted octanol–water partition coefficient (Wildman–Crippen LogP) is 13.7. The van der Waals surface area contributed by atoms with Gasteiger partial charge in [0.1, 0.15) is 13.2 Å². The third-order valence-electron chi connectivity index (χ3n) is 10.8. The normalized spacial score (nSPS) is 13.6. The maximum Gasteiger partial charge on any atom is 0.306 e. The fraction of sp³-hybridized carbons (Fsp3) is 0.672. The monoisotopic (exact) mass is 936 g/mol. The number of aliphatic carboxylic acids is 1. The number of nitrogens with zero attached hydrogens (tertiary/aromatic N) is 1. The summed E-state index contributed by atoms with van der Waals surface area (Å²) >= 11 is 0. The Morgan fingerprint density at radius 2 is 0.851 bits per heavy atom. The molecule has 0 aliphatic heterocycles. The third-order valence-corrected chi connectivity index (χ3v) is 10.8. The van der Waals surface area contributed by atoms with Gasteiger partial charge in [0.15, 0.2) is 12.4 Å². The van der Waals surface area contributed by atoms with Crippen molar-refractivity contribution in [2.75, 3.05) is 47.5 Å². The quantitative estimate of drug-likeness (QED) is 0.0195. The number of rotatable bonds is 47. The molecule has 0 aromatic carbocycles. The van der Waals surface area contributed by atoms with E-state index >= 15 is 0 Å². The summed E-state index contributed by atoms with van der Waals surface area (Å²) in [6.45, 7) is 4.56. The Labute approximate surface area is 410 Å². The van der Waals surface area contributed by atoms with Gasteiger partial charge in [-0.1, -0.05) is 182 Å². The summed E-state index contributed by atoms with van der Waals surface area (Å²) in [6, 6.07) is 0. The van der Waals surface area contributed by atoms with Crippen LogP contribution in [0.3, 0.4) is 0 Å². The van der Waals surface area contributed by atoms with Crippen molar-refractivity contribution >= 4 is 17.9 Å². The van der Waals surface area contributed by atoms with E-state index in [1.165, 1.54) is 51.4 Å². The van der Waals surface area contributed by atoms with Gasteiger partial charge in [0.05, 0.1) is 40.3 Å². The molecule has 0 saturated carbocycles. The highest BCUT2D eigenvalue weighted by atomic mass is 16.7. The average Bonchev–Trinajstić information content (AvgIpc) is 3.29. The van der Waals surface area contributed by atoms with Crippen LogP contribution in [0.2, 0.25) is 0 Å². The van der Waals surface area contributed by atoms with Crippen LogP contribution in [0.5, 0.6) is 0 Å². The molecular formula is C58H97NO8. The summed E-state index contributed by atoms with van der Waals surface area (Å²) < 4.78 is 22.6. The van der Waals surface area contributed by atoms with Gasteiger partial charge in [-0.2, -0.15) is 0 Å². The Morgan fingerprint density at radius 1 is 0.463 bits per heavy atom. The lowest BCUT2D eigenvalue weighted by atomic mass is 10.1. The van der Waals surface area contributed by atoms with Crippen LogP contribution in [0.25, 0.3) is 0 Å². The van der Waals surface area contributed by atoms with Crippen molar-refractivity contribution in [2.45, 2.75) is 206 Å². The van der Waals surface area contributed by atoms with Gasteiger partial charge in [-0.15, -0.1) is 0 Å². The van der Waals surface area contributed by atoms with Crippen molar-refractivity contribution in [1.29, 1.82) is 0 Å². The number of esters is 2. The van der Waals surface area contributed by atoms with E-state index < -0.39 is 24.3 Å². The van der Waals surface area contributed by atoms with Gasteiger partial charge in [-0.05, 0) is 96.3 Å². The Balaban J connectivity index is 4.35. The molecule has 0 N–H and O–H groups in total. The fourth-order valence-corrected chi connectivity index (χ4v) is 6.74. The van der Waals surface area contributed by atoms with Crippen LogP contribution in [0.4, 0.5) is 0 Å². The minimum Gasteiger partial charge on any atom is -0.545 e. The van der Waals surface area contributed by atoms with Crippen LogP contribution < -0.4 is 5.11 Å². The third kappa shape index (κ3) is 49.9. The molecule has 0 aliphatic carbocycles. The second kappa shape index (κ2) is 48.7. The molecule has 382 valence electrons. The molecule has 0 radical (unpaired) electrons. The molecule has 0 amide bonds. The van der Waals surface area contributed by atoms with Gasteiger partial charge in [0.25, 0.3) is 0 Å². The number of hydrogen-bond donors (Lipinski definition) is 0. The minimum absolute atomic E-state index is 0.138. The number of carbonyl (C=O) groups excluding carboxylic acids is 3. The fourth-order valence-electron chi connectivity index (χ4n) is 6.74. The van der Waals surface area contributed by atoms with Gasteiger partial charge in [0, 0.05) is 12.8 Å². The highest BCUT2D eigenvalue weighted by molar-refractivity contribution is 5.70. The number of hydrogen-bond acceptors (Lipinski definition) is 8. The molecule has 0 saturated heterocycles. The topological polar surface area (TPSA) is 111 Å². The highest BCUT2D eigenvalue weighted by Crippen LogP contribution is 2.14. The molecule has 2 atom stereocenters. The Bertz CT molecular complexity index is 1420. The van der Waals surface area contributed by atoms with Gasteiger partial charge in [-0.25, -0.2) is 0 Å². The molecule has 9 heteroatoms. The van der Waals surface area contributed by atoms with Crippen molar-refractivity contribution in [3.05, 3.63) is 97.2 Å². The summed E-state index contributed by atoms with van der Waals surface area (Å²) in [5.41, 5.74) is 0. The highest BCUT2D eigenvalue weighted by Gasteiger charge is 2.21. The van der Waals surface area contributed by atoms with E-state index in [9.17, 15) is 19.5 Å². The molecule has 0 bridgehead atoms. The van der Waals surface area contributed by atoms with Crippen molar-refractivity contribution in [3.63, 3.8) is 0 Å². The lowest BCUT2D eigenvalue weighted by Gasteiger charge is -2.26. The van der Waals surface area contributed by atoms with Gasteiger partial charge < -0.3 is 33.3 Å².